The summed E-state index contributed by atoms with van der Waals surface area (Å²) in [6.45, 7) is 2.01. The molecule has 0 aliphatic rings. The van der Waals surface area contributed by atoms with Crippen LogP contribution in [0.2, 0.25) is 5.02 Å². The molecule has 0 aliphatic carbocycles. The van der Waals surface area contributed by atoms with E-state index >= 15 is 0 Å². The van der Waals surface area contributed by atoms with Crippen LogP contribution in [-0.4, -0.2) is 19.9 Å². The Labute approximate surface area is 115 Å². The molecule has 0 saturated heterocycles. The van der Waals surface area contributed by atoms with Gasteiger partial charge in [0.25, 0.3) is 0 Å². The van der Waals surface area contributed by atoms with E-state index in [1.165, 1.54) is 6.33 Å². The number of benzene rings is 1. The van der Waals surface area contributed by atoms with Crippen molar-refractivity contribution < 1.29 is 0 Å². The van der Waals surface area contributed by atoms with Crippen LogP contribution in [0.1, 0.15) is 5.56 Å². The summed E-state index contributed by atoms with van der Waals surface area (Å²) in [6.07, 6.45) is 6.78. The van der Waals surface area contributed by atoms with Gasteiger partial charge in [-0.3, -0.25) is 0 Å². The molecule has 2 heterocycles. The van der Waals surface area contributed by atoms with Crippen molar-refractivity contribution in [3.05, 3.63) is 53.7 Å². The van der Waals surface area contributed by atoms with E-state index in [1.807, 2.05) is 25.1 Å². The molecule has 0 radical (unpaired) electrons. The number of halogens is 1. The second-order valence-electron chi connectivity index (χ2n) is 4.18. The fourth-order valence-corrected chi connectivity index (χ4v) is 2.25. The normalized spacial score (nSPS) is 10.6. The van der Waals surface area contributed by atoms with E-state index < -0.39 is 0 Å². The molecule has 0 spiro atoms. The molecule has 0 unspecified atom stereocenters. The molecule has 19 heavy (non-hydrogen) atoms. The van der Waals surface area contributed by atoms with Crippen LogP contribution in [0.5, 0.6) is 0 Å². The summed E-state index contributed by atoms with van der Waals surface area (Å²) in [6, 6.07) is 5.75. The maximum Gasteiger partial charge on any atom is 0.141 e. The van der Waals surface area contributed by atoms with E-state index in [1.54, 1.807) is 18.6 Å². The molecule has 0 fully saturated rings. The van der Waals surface area contributed by atoms with Gasteiger partial charge in [0.05, 0.1) is 11.3 Å². The highest BCUT2D eigenvalue weighted by Gasteiger charge is 2.12. The fraction of sp³-hybridized carbons (Fsp3) is 0.0714. The summed E-state index contributed by atoms with van der Waals surface area (Å²) in [5.74, 6) is 0.755. The minimum absolute atomic E-state index is 0.717. The van der Waals surface area contributed by atoms with Crippen LogP contribution in [0.3, 0.4) is 0 Å². The molecule has 0 amide bonds. The van der Waals surface area contributed by atoms with Crippen LogP contribution in [0.25, 0.3) is 22.6 Å². The number of hydrogen-bond donors (Lipinski definition) is 1. The van der Waals surface area contributed by atoms with Crippen LogP contribution in [0.15, 0.2) is 43.1 Å². The minimum Gasteiger partial charge on any atom is -0.345 e. The second-order valence-corrected chi connectivity index (χ2v) is 4.62. The SMILES string of the molecule is Cc1cc(Cl)ccc1-c1ncncc1-c1ncc[nH]1. The van der Waals surface area contributed by atoms with Crippen LogP contribution in [0, 0.1) is 6.92 Å². The first-order valence-electron chi connectivity index (χ1n) is 5.82. The van der Waals surface area contributed by atoms with Gasteiger partial charge in [0, 0.05) is 29.2 Å². The number of aromatic amines is 1. The Morgan fingerprint density at radius 1 is 1.16 bits per heavy atom. The summed E-state index contributed by atoms with van der Waals surface area (Å²) in [4.78, 5) is 15.8. The first kappa shape index (κ1) is 11.9. The van der Waals surface area contributed by atoms with E-state index in [2.05, 4.69) is 19.9 Å². The summed E-state index contributed by atoms with van der Waals surface area (Å²) in [5.41, 5.74) is 3.81. The van der Waals surface area contributed by atoms with Crippen LogP contribution in [-0.2, 0) is 0 Å². The van der Waals surface area contributed by atoms with E-state index in [9.17, 15) is 0 Å². The first-order chi connectivity index (χ1) is 9.25. The predicted octanol–water partition coefficient (Wildman–Crippen LogP) is 3.50. The van der Waals surface area contributed by atoms with Crippen molar-refractivity contribution in [3.63, 3.8) is 0 Å². The number of rotatable bonds is 2. The van der Waals surface area contributed by atoms with Gasteiger partial charge in [-0.15, -0.1) is 0 Å². The molecule has 0 bridgehead atoms. The molecule has 5 heteroatoms. The predicted molar refractivity (Wildman–Crippen MR) is 74.8 cm³/mol. The lowest BCUT2D eigenvalue weighted by Crippen LogP contribution is -1.94. The van der Waals surface area contributed by atoms with E-state index in [-0.39, 0.29) is 0 Å². The standard InChI is InChI=1S/C14H11ClN4/c1-9-6-10(15)2-3-11(9)13-12(7-16-8-19-13)14-17-4-5-18-14/h2-8H,1H3,(H,17,18). The third-order valence-corrected chi connectivity index (χ3v) is 3.14. The third-order valence-electron chi connectivity index (χ3n) is 2.91. The van der Waals surface area contributed by atoms with Gasteiger partial charge in [0.15, 0.2) is 0 Å². The number of imidazole rings is 1. The molecule has 94 valence electrons. The zero-order chi connectivity index (χ0) is 13.2. The van der Waals surface area contributed by atoms with Crippen LogP contribution < -0.4 is 0 Å². The molecule has 3 rings (SSSR count). The number of aryl methyl sites for hydroxylation is 1. The number of hydrogen-bond acceptors (Lipinski definition) is 3. The van der Waals surface area contributed by atoms with Crippen LogP contribution in [0.4, 0.5) is 0 Å². The highest BCUT2D eigenvalue weighted by Crippen LogP contribution is 2.30. The summed E-state index contributed by atoms with van der Waals surface area (Å²) < 4.78 is 0. The highest BCUT2D eigenvalue weighted by atomic mass is 35.5. The van der Waals surface area contributed by atoms with Gasteiger partial charge in [-0.05, 0) is 24.6 Å². The molecular weight excluding hydrogens is 260 g/mol. The molecule has 4 nitrogen and oxygen atoms in total. The Bertz CT molecular complexity index is 707. The lowest BCUT2D eigenvalue weighted by molar-refractivity contribution is 1.15. The zero-order valence-electron chi connectivity index (χ0n) is 10.3. The van der Waals surface area contributed by atoms with Gasteiger partial charge in [-0.25, -0.2) is 15.0 Å². The Morgan fingerprint density at radius 3 is 2.79 bits per heavy atom. The maximum absolute atomic E-state index is 5.99. The van der Waals surface area contributed by atoms with E-state index in [0.29, 0.717) is 0 Å². The number of aromatic nitrogens is 4. The summed E-state index contributed by atoms with van der Waals surface area (Å²) in [7, 11) is 0. The van der Waals surface area contributed by atoms with Gasteiger partial charge >= 0.3 is 0 Å². The molecule has 1 aromatic carbocycles. The van der Waals surface area contributed by atoms with Crippen molar-refractivity contribution in [1.29, 1.82) is 0 Å². The van der Waals surface area contributed by atoms with Crippen molar-refractivity contribution in [2.24, 2.45) is 0 Å². The molecule has 2 aromatic heterocycles. The molecule has 3 aromatic rings. The van der Waals surface area contributed by atoms with Gasteiger partial charge in [-0.1, -0.05) is 17.7 Å². The molecular formula is C14H11ClN4. The molecule has 0 aliphatic heterocycles. The quantitative estimate of drug-likeness (QED) is 0.775. The van der Waals surface area contributed by atoms with Gasteiger partial charge in [0.2, 0.25) is 0 Å². The Balaban J connectivity index is 2.21. The van der Waals surface area contributed by atoms with Gasteiger partial charge < -0.3 is 4.98 Å². The molecule has 1 N–H and O–H groups in total. The van der Waals surface area contributed by atoms with Crippen molar-refractivity contribution in [2.75, 3.05) is 0 Å². The maximum atomic E-state index is 5.99. The van der Waals surface area contributed by atoms with Crippen molar-refractivity contribution >= 4 is 11.6 Å². The molecule has 0 atom stereocenters. The summed E-state index contributed by atoms with van der Waals surface area (Å²) in [5, 5.41) is 0.717. The van der Waals surface area contributed by atoms with E-state index in [4.69, 9.17) is 11.6 Å². The zero-order valence-corrected chi connectivity index (χ0v) is 11.0. The number of H-pyrrole nitrogens is 1. The molecule has 0 saturated carbocycles. The fourth-order valence-electron chi connectivity index (χ4n) is 2.02. The third kappa shape index (κ3) is 2.22. The van der Waals surface area contributed by atoms with Gasteiger partial charge in [0.1, 0.15) is 12.2 Å². The van der Waals surface area contributed by atoms with Gasteiger partial charge in [-0.2, -0.15) is 0 Å². The van der Waals surface area contributed by atoms with Crippen LogP contribution >= 0.6 is 11.6 Å². The van der Waals surface area contributed by atoms with E-state index in [0.717, 1.165) is 33.2 Å². The minimum atomic E-state index is 0.717. The van der Waals surface area contributed by atoms with Crippen molar-refractivity contribution in [1.82, 2.24) is 19.9 Å². The Morgan fingerprint density at radius 2 is 2.05 bits per heavy atom. The first-order valence-corrected chi connectivity index (χ1v) is 6.20. The summed E-state index contributed by atoms with van der Waals surface area (Å²) >= 11 is 5.99. The van der Waals surface area contributed by atoms with Crippen molar-refractivity contribution in [3.8, 4) is 22.6 Å². The average molecular weight is 271 g/mol. The Kier molecular flexibility index (Phi) is 3.01. The largest absolute Gasteiger partial charge is 0.345 e. The highest BCUT2D eigenvalue weighted by molar-refractivity contribution is 6.30. The number of nitrogens with zero attached hydrogens (tertiary/aromatic N) is 3. The lowest BCUT2D eigenvalue weighted by Gasteiger charge is -2.09. The Hall–Kier alpha value is -2.20. The monoisotopic (exact) mass is 270 g/mol. The lowest BCUT2D eigenvalue weighted by atomic mass is 10.0. The smallest absolute Gasteiger partial charge is 0.141 e. The van der Waals surface area contributed by atoms with Crippen molar-refractivity contribution in [2.45, 2.75) is 6.92 Å². The topological polar surface area (TPSA) is 54.5 Å². The average Bonchev–Trinajstić information content (AvgIpc) is 2.93. The second kappa shape index (κ2) is 4.82. The number of nitrogens with one attached hydrogen (secondary N) is 1.